The molecule has 0 fully saturated rings. The Kier molecular flexibility index (Phi) is 3.63. The van der Waals surface area contributed by atoms with Gasteiger partial charge >= 0.3 is 0 Å². The highest BCUT2D eigenvalue weighted by atomic mass is 32.2. The third kappa shape index (κ3) is 2.95. The number of hydrogen-bond acceptors (Lipinski definition) is 4. The Labute approximate surface area is 103 Å². The minimum atomic E-state index is -3.54. The average molecular weight is 272 g/mol. The maximum absolute atomic E-state index is 11.7. The molecule has 3 N–H and O–H groups in total. The van der Waals surface area contributed by atoms with Gasteiger partial charge in [-0.25, -0.2) is 13.1 Å². The Morgan fingerprint density at radius 1 is 1.47 bits per heavy atom. The van der Waals surface area contributed by atoms with Crippen LogP contribution in [-0.2, 0) is 10.0 Å². The van der Waals surface area contributed by atoms with Crippen LogP contribution in [0.2, 0.25) is 0 Å². The Hall–Kier alpha value is -1.15. The normalized spacial score (nSPS) is 13.7. The molecule has 17 heavy (non-hydrogen) atoms. The first-order chi connectivity index (χ1) is 8.09. The van der Waals surface area contributed by atoms with Crippen molar-refractivity contribution in [2.45, 2.75) is 11.0 Å². The quantitative estimate of drug-likeness (QED) is 0.762. The van der Waals surface area contributed by atoms with Crippen LogP contribution in [0.1, 0.15) is 11.7 Å². The molecular formula is C10H12N2O3S2. The van der Waals surface area contributed by atoms with Gasteiger partial charge in [0.15, 0.2) is 0 Å². The second-order valence-electron chi connectivity index (χ2n) is 3.47. The summed E-state index contributed by atoms with van der Waals surface area (Å²) in [4.78, 5) is 2.83. The van der Waals surface area contributed by atoms with Crippen LogP contribution in [-0.4, -0.2) is 25.1 Å². The molecule has 92 valence electrons. The van der Waals surface area contributed by atoms with Gasteiger partial charge < -0.3 is 10.1 Å². The lowest BCUT2D eigenvalue weighted by atomic mass is 10.2. The summed E-state index contributed by atoms with van der Waals surface area (Å²) < 4.78 is 25.8. The molecule has 7 heteroatoms. The second kappa shape index (κ2) is 5.01. The van der Waals surface area contributed by atoms with Crippen LogP contribution in [0.4, 0.5) is 0 Å². The van der Waals surface area contributed by atoms with Crippen molar-refractivity contribution in [3.8, 4) is 0 Å². The third-order valence-electron chi connectivity index (χ3n) is 2.27. The number of thiophene rings is 1. The molecule has 0 saturated heterocycles. The van der Waals surface area contributed by atoms with Gasteiger partial charge in [0.05, 0.1) is 11.0 Å². The van der Waals surface area contributed by atoms with Crippen molar-refractivity contribution in [1.29, 1.82) is 0 Å². The lowest BCUT2D eigenvalue weighted by Crippen LogP contribution is -2.28. The maximum atomic E-state index is 11.7. The van der Waals surface area contributed by atoms with Crippen molar-refractivity contribution >= 4 is 21.4 Å². The standard InChI is InChI=1S/C10H12N2O3S2/c13-10(8-2-4-16-7-8)6-12-17(14,15)9-1-3-11-5-9/h1-5,7,10-13H,6H2. The predicted octanol–water partition coefficient (Wildman–Crippen LogP) is 1.09. The van der Waals surface area contributed by atoms with Crippen LogP contribution < -0.4 is 4.72 Å². The summed E-state index contributed by atoms with van der Waals surface area (Å²) in [7, 11) is -3.54. The van der Waals surface area contributed by atoms with Crippen LogP contribution >= 0.6 is 11.3 Å². The number of aliphatic hydroxyl groups is 1. The molecule has 5 nitrogen and oxygen atoms in total. The number of aliphatic hydroxyl groups excluding tert-OH is 1. The van der Waals surface area contributed by atoms with E-state index in [4.69, 9.17) is 0 Å². The molecule has 1 atom stereocenters. The SMILES string of the molecule is O=S(=O)(NCC(O)c1ccsc1)c1cc[nH]c1. The number of aromatic amines is 1. The fraction of sp³-hybridized carbons (Fsp3) is 0.200. The van der Waals surface area contributed by atoms with E-state index in [0.717, 1.165) is 0 Å². The van der Waals surface area contributed by atoms with Crippen molar-refractivity contribution in [3.63, 3.8) is 0 Å². The van der Waals surface area contributed by atoms with Crippen LogP contribution in [0, 0.1) is 0 Å². The van der Waals surface area contributed by atoms with Gasteiger partial charge in [-0.15, -0.1) is 0 Å². The molecule has 2 heterocycles. The first-order valence-electron chi connectivity index (χ1n) is 4.92. The zero-order chi connectivity index (χ0) is 12.3. The molecule has 0 spiro atoms. The highest BCUT2D eigenvalue weighted by Gasteiger charge is 2.16. The average Bonchev–Trinajstić information content (AvgIpc) is 2.97. The third-order valence-corrected chi connectivity index (χ3v) is 4.40. The van der Waals surface area contributed by atoms with E-state index < -0.39 is 16.1 Å². The molecule has 0 aromatic carbocycles. The van der Waals surface area contributed by atoms with E-state index in [9.17, 15) is 13.5 Å². The van der Waals surface area contributed by atoms with Crippen molar-refractivity contribution in [2.24, 2.45) is 0 Å². The van der Waals surface area contributed by atoms with Gasteiger partial charge in [-0.05, 0) is 28.5 Å². The molecule has 0 amide bonds. The largest absolute Gasteiger partial charge is 0.387 e. The van der Waals surface area contributed by atoms with E-state index in [1.807, 2.05) is 5.38 Å². The lowest BCUT2D eigenvalue weighted by Gasteiger charge is -2.10. The van der Waals surface area contributed by atoms with Gasteiger partial charge in [0.25, 0.3) is 0 Å². The fourth-order valence-electron chi connectivity index (χ4n) is 1.33. The summed E-state index contributed by atoms with van der Waals surface area (Å²) in [6, 6.07) is 3.22. The van der Waals surface area contributed by atoms with Gasteiger partial charge in [-0.3, -0.25) is 0 Å². The Balaban J connectivity index is 1.99. The van der Waals surface area contributed by atoms with Gasteiger partial charge in [0, 0.05) is 18.9 Å². The molecule has 1 unspecified atom stereocenters. The van der Waals surface area contributed by atoms with Crippen molar-refractivity contribution in [3.05, 3.63) is 40.8 Å². The minimum absolute atomic E-state index is 0.0375. The summed E-state index contributed by atoms with van der Waals surface area (Å²) in [6.07, 6.45) is 2.10. The summed E-state index contributed by atoms with van der Waals surface area (Å²) in [5.41, 5.74) is 0.715. The van der Waals surface area contributed by atoms with E-state index in [0.29, 0.717) is 5.56 Å². The van der Waals surface area contributed by atoms with Crippen molar-refractivity contribution < 1.29 is 13.5 Å². The number of hydrogen-bond donors (Lipinski definition) is 3. The molecule has 0 radical (unpaired) electrons. The summed E-state index contributed by atoms with van der Waals surface area (Å²) in [6.45, 7) is -0.0375. The minimum Gasteiger partial charge on any atom is -0.387 e. The topological polar surface area (TPSA) is 82.2 Å². The van der Waals surface area contributed by atoms with Gasteiger partial charge in [0.1, 0.15) is 0 Å². The molecular weight excluding hydrogens is 260 g/mol. The van der Waals surface area contributed by atoms with E-state index in [1.54, 1.807) is 11.4 Å². The number of H-pyrrole nitrogens is 1. The monoisotopic (exact) mass is 272 g/mol. The molecule has 0 aliphatic heterocycles. The van der Waals surface area contributed by atoms with Crippen LogP contribution in [0.25, 0.3) is 0 Å². The highest BCUT2D eigenvalue weighted by Crippen LogP contribution is 2.16. The molecule has 2 aromatic rings. The smallest absolute Gasteiger partial charge is 0.242 e. The summed E-state index contributed by atoms with van der Waals surface area (Å²) in [5, 5.41) is 13.4. The van der Waals surface area contributed by atoms with Crippen molar-refractivity contribution in [1.82, 2.24) is 9.71 Å². The molecule has 2 rings (SSSR count). The molecule has 2 aromatic heterocycles. The summed E-state index contributed by atoms with van der Waals surface area (Å²) in [5.74, 6) is 0. The van der Waals surface area contributed by atoms with Gasteiger partial charge in [-0.2, -0.15) is 11.3 Å². The number of aromatic nitrogens is 1. The van der Waals surface area contributed by atoms with Crippen LogP contribution in [0.3, 0.4) is 0 Å². The van der Waals surface area contributed by atoms with Crippen molar-refractivity contribution in [2.75, 3.05) is 6.54 Å². The van der Waals surface area contributed by atoms with E-state index in [-0.39, 0.29) is 11.4 Å². The number of sulfonamides is 1. The molecule has 0 bridgehead atoms. The molecule has 0 aliphatic rings. The number of nitrogens with one attached hydrogen (secondary N) is 2. The van der Waals surface area contributed by atoms with E-state index >= 15 is 0 Å². The fourth-order valence-corrected chi connectivity index (χ4v) is 3.05. The van der Waals surface area contributed by atoms with Gasteiger partial charge in [-0.1, -0.05) is 0 Å². The zero-order valence-electron chi connectivity index (χ0n) is 8.83. The second-order valence-corrected chi connectivity index (χ2v) is 6.02. The van der Waals surface area contributed by atoms with E-state index in [2.05, 4.69) is 9.71 Å². The number of rotatable bonds is 5. The lowest BCUT2D eigenvalue weighted by molar-refractivity contribution is 0.182. The van der Waals surface area contributed by atoms with E-state index in [1.165, 1.54) is 29.8 Å². The summed E-state index contributed by atoms with van der Waals surface area (Å²) >= 11 is 1.46. The first kappa shape index (κ1) is 12.3. The first-order valence-corrected chi connectivity index (χ1v) is 7.35. The van der Waals surface area contributed by atoms with Gasteiger partial charge in [0.2, 0.25) is 10.0 Å². The Morgan fingerprint density at radius 3 is 2.88 bits per heavy atom. The molecule has 0 aliphatic carbocycles. The van der Waals surface area contributed by atoms with Crippen LogP contribution in [0.5, 0.6) is 0 Å². The van der Waals surface area contributed by atoms with Crippen LogP contribution in [0.15, 0.2) is 40.2 Å². The molecule has 0 saturated carbocycles. The maximum Gasteiger partial charge on any atom is 0.242 e. The zero-order valence-corrected chi connectivity index (χ0v) is 10.5. The highest BCUT2D eigenvalue weighted by molar-refractivity contribution is 7.89. The Morgan fingerprint density at radius 2 is 2.29 bits per heavy atom. The Bertz CT molecular complexity index is 546. The predicted molar refractivity (Wildman–Crippen MR) is 65.3 cm³/mol.